The minimum absolute atomic E-state index is 0. The second-order valence-electron chi connectivity index (χ2n) is 3.70. The fourth-order valence-electron chi connectivity index (χ4n) is 1.59. The Morgan fingerprint density at radius 1 is 1.38 bits per heavy atom. The number of ketones is 1. The van der Waals surface area contributed by atoms with Gasteiger partial charge < -0.3 is 5.32 Å². The highest BCUT2D eigenvalue weighted by Gasteiger charge is 2.13. The van der Waals surface area contributed by atoms with Crippen molar-refractivity contribution in [3.8, 4) is 0 Å². The largest absolute Gasteiger partial charge is 0.308 e. The van der Waals surface area contributed by atoms with Crippen LogP contribution in [0.1, 0.15) is 36.7 Å². The van der Waals surface area contributed by atoms with Crippen molar-refractivity contribution in [1.82, 2.24) is 5.32 Å². The first-order chi connectivity index (χ1) is 7.19. The lowest BCUT2D eigenvalue weighted by Gasteiger charge is -2.11. The maximum atomic E-state index is 11.9. The lowest BCUT2D eigenvalue weighted by molar-refractivity contribution is 0.0952. The molecular formula is C13H20ClNO. The summed E-state index contributed by atoms with van der Waals surface area (Å²) in [7, 11) is 0. The minimum Gasteiger partial charge on any atom is -0.308 e. The highest BCUT2D eigenvalue weighted by atomic mass is 35.5. The van der Waals surface area contributed by atoms with Crippen LogP contribution in [-0.4, -0.2) is 18.4 Å². The van der Waals surface area contributed by atoms with Gasteiger partial charge in [-0.2, -0.15) is 0 Å². The molecule has 0 saturated heterocycles. The van der Waals surface area contributed by atoms with Crippen molar-refractivity contribution in [2.45, 2.75) is 33.2 Å². The van der Waals surface area contributed by atoms with Gasteiger partial charge in [0.05, 0.1) is 6.04 Å². The number of hydrogen-bond donors (Lipinski definition) is 1. The van der Waals surface area contributed by atoms with E-state index in [2.05, 4.69) is 18.3 Å². The first-order valence-electron chi connectivity index (χ1n) is 5.55. The normalized spacial score (nSPS) is 11.7. The van der Waals surface area contributed by atoms with E-state index in [0.29, 0.717) is 0 Å². The van der Waals surface area contributed by atoms with Gasteiger partial charge in [-0.15, -0.1) is 12.4 Å². The van der Waals surface area contributed by atoms with E-state index in [4.69, 9.17) is 0 Å². The summed E-state index contributed by atoms with van der Waals surface area (Å²) in [5.41, 5.74) is 2.02. The van der Waals surface area contributed by atoms with E-state index in [-0.39, 0.29) is 24.2 Å². The van der Waals surface area contributed by atoms with Gasteiger partial charge in [0, 0.05) is 5.56 Å². The third kappa shape index (κ3) is 3.95. The molecule has 16 heavy (non-hydrogen) atoms. The maximum absolute atomic E-state index is 11.9. The van der Waals surface area contributed by atoms with Crippen LogP contribution in [-0.2, 0) is 6.42 Å². The molecule has 1 unspecified atom stereocenters. The van der Waals surface area contributed by atoms with Crippen molar-refractivity contribution in [2.75, 3.05) is 6.54 Å². The summed E-state index contributed by atoms with van der Waals surface area (Å²) in [5, 5.41) is 3.13. The zero-order chi connectivity index (χ0) is 11.3. The first-order valence-corrected chi connectivity index (χ1v) is 5.55. The summed E-state index contributed by atoms with van der Waals surface area (Å²) in [5.74, 6) is 0.173. The Morgan fingerprint density at radius 3 is 2.62 bits per heavy atom. The number of carbonyl (C=O) groups excluding carboxylic acids is 1. The van der Waals surface area contributed by atoms with Gasteiger partial charge in [-0.25, -0.2) is 0 Å². The number of carbonyl (C=O) groups is 1. The van der Waals surface area contributed by atoms with Crippen LogP contribution in [0.15, 0.2) is 24.3 Å². The zero-order valence-corrected chi connectivity index (χ0v) is 10.9. The highest BCUT2D eigenvalue weighted by molar-refractivity contribution is 5.99. The molecule has 0 saturated carbocycles. The van der Waals surface area contributed by atoms with Crippen molar-refractivity contribution in [1.29, 1.82) is 0 Å². The first kappa shape index (κ1) is 15.1. The molecular weight excluding hydrogens is 222 g/mol. The van der Waals surface area contributed by atoms with Gasteiger partial charge in [-0.05, 0) is 31.5 Å². The van der Waals surface area contributed by atoms with E-state index in [1.165, 1.54) is 5.56 Å². The Kier molecular flexibility index (Phi) is 7.02. The van der Waals surface area contributed by atoms with Gasteiger partial charge >= 0.3 is 0 Å². The van der Waals surface area contributed by atoms with Gasteiger partial charge in [0.1, 0.15) is 0 Å². The van der Waals surface area contributed by atoms with Crippen molar-refractivity contribution < 1.29 is 4.79 Å². The number of rotatable bonds is 5. The highest BCUT2D eigenvalue weighted by Crippen LogP contribution is 2.08. The molecule has 1 rings (SSSR count). The van der Waals surface area contributed by atoms with Crippen molar-refractivity contribution in [3.05, 3.63) is 35.4 Å². The number of Topliss-reactive ketones (excluding diaryl/α,β-unsaturated/α-hetero) is 1. The summed E-state index contributed by atoms with van der Waals surface area (Å²) in [6.45, 7) is 6.83. The molecule has 0 fully saturated rings. The van der Waals surface area contributed by atoms with Crippen LogP contribution in [0.4, 0.5) is 0 Å². The second kappa shape index (κ2) is 7.42. The molecule has 2 nitrogen and oxygen atoms in total. The predicted octanol–water partition coefficient (Wildman–Crippen LogP) is 2.85. The standard InChI is InChI=1S/C13H19NO.ClH/c1-4-11-7-6-8-12(9-11)13(15)10(3)14-5-2;/h6-10,14H,4-5H2,1-3H3;1H. The molecule has 0 amide bonds. The van der Waals surface area contributed by atoms with Crippen LogP contribution in [0, 0.1) is 0 Å². The Hall–Kier alpha value is -0.860. The maximum Gasteiger partial charge on any atom is 0.179 e. The third-order valence-corrected chi connectivity index (χ3v) is 2.52. The number of benzene rings is 1. The minimum atomic E-state index is -0.0953. The average molecular weight is 242 g/mol. The molecule has 0 aliphatic rings. The molecule has 1 N–H and O–H groups in total. The lowest BCUT2D eigenvalue weighted by Crippen LogP contribution is -2.33. The molecule has 0 spiro atoms. The van der Waals surface area contributed by atoms with E-state index in [1.807, 2.05) is 32.0 Å². The average Bonchev–Trinajstić information content (AvgIpc) is 2.28. The summed E-state index contributed by atoms with van der Waals surface area (Å²) >= 11 is 0. The Morgan fingerprint density at radius 2 is 2.06 bits per heavy atom. The van der Waals surface area contributed by atoms with Crippen LogP contribution in [0.3, 0.4) is 0 Å². The third-order valence-electron chi connectivity index (χ3n) is 2.52. The summed E-state index contributed by atoms with van der Waals surface area (Å²) in [6, 6.07) is 7.77. The molecule has 1 atom stereocenters. The Balaban J connectivity index is 0.00000225. The SMILES string of the molecule is CCNC(C)C(=O)c1cccc(CC)c1.Cl. The van der Waals surface area contributed by atoms with E-state index in [9.17, 15) is 4.79 Å². The molecule has 0 aliphatic carbocycles. The van der Waals surface area contributed by atoms with Crippen LogP contribution >= 0.6 is 12.4 Å². The number of aryl methyl sites for hydroxylation is 1. The van der Waals surface area contributed by atoms with Crippen LogP contribution in [0.5, 0.6) is 0 Å². The molecule has 0 heterocycles. The van der Waals surface area contributed by atoms with Crippen molar-refractivity contribution in [2.24, 2.45) is 0 Å². The molecule has 0 aliphatic heterocycles. The number of nitrogens with one attached hydrogen (secondary N) is 1. The van der Waals surface area contributed by atoms with E-state index in [1.54, 1.807) is 0 Å². The molecule has 90 valence electrons. The van der Waals surface area contributed by atoms with Gasteiger partial charge in [0.15, 0.2) is 5.78 Å². The van der Waals surface area contributed by atoms with Gasteiger partial charge in [-0.1, -0.05) is 32.0 Å². The number of hydrogen-bond acceptors (Lipinski definition) is 2. The zero-order valence-electron chi connectivity index (χ0n) is 10.1. The summed E-state index contributed by atoms with van der Waals surface area (Å²) in [6.07, 6.45) is 0.969. The van der Waals surface area contributed by atoms with Crippen molar-refractivity contribution >= 4 is 18.2 Å². The predicted molar refractivity (Wildman–Crippen MR) is 70.5 cm³/mol. The second-order valence-corrected chi connectivity index (χ2v) is 3.70. The molecule has 0 aromatic heterocycles. The van der Waals surface area contributed by atoms with E-state index >= 15 is 0 Å². The molecule has 1 aromatic carbocycles. The lowest BCUT2D eigenvalue weighted by atomic mass is 10.0. The fourth-order valence-corrected chi connectivity index (χ4v) is 1.59. The van der Waals surface area contributed by atoms with Crippen molar-refractivity contribution in [3.63, 3.8) is 0 Å². The quantitative estimate of drug-likeness (QED) is 0.804. The molecule has 1 aromatic rings. The summed E-state index contributed by atoms with van der Waals surface area (Å²) < 4.78 is 0. The summed E-state index contributed by atoms with van der Waals surface area (Å²) in [4.78, 5) is 11.9. The van der Waals surface area contributed by atoms with Gasteiger partial charge in [0.25, 0.3) is 0 Å². The molecule has 0 bridgehead atoms. The smallest absolute Gasteiger partial charge is 0.179 e. The fraction of sp³-hybridized carbons (Fsp3) is 0.462. The Bertz CT molecular complexity index is 338. The molecule has 0 radical (unpaired) electrons. The van der Waals surface area contributed by atoms with Gasteiger partial charge in [-0.3, -0.25) is 4.79 Å². The van der Waals surface area contributed by atoms with E-state index < -0.39 is 0 Å². The monoisotopic (exact) mass is 241 g/mol. The topological polar surface area (TPSA) is 29.1 Å². The Labute approximate surface area is 104 Å². The number of likely N-dealkylation sites (N-methyl/N-ethyl adjacent to an activating group) is 1. The van der Waals surface area contributed by atoms with Crippen LogP contribution < -0.4 is 5.32 Å². The number of halogens is 1. The van der Waals surface area contributed by atoms with E-state index in [0.717, 1.165) is 18.5 Å². The van der Waals surface area contributed by atoms with Crippen LogP contribution in [0.2, 0.25) is 0 Å². The van der Waals surface area contributed by atoms with Gasteiger partial charge in [0.2, 0.25) is 0 Å². The molecule has 3 heteroatoms. The van der Waals surface area contributed by atoms with Crippen LogP contribution in [0.25, 0.3) is 0 Å².